The quantitative estimate of drug-likeness (QED) is 0.863. The topological polar surface area (TPSA) is 68.4 Å². The van der Waals surface area contributed by atoms with Crippen LogP contribution in [0.4, 0.5) is 5.69 Å². The number of pyridine rings is 1. The number of hydrogen-bond acceptors (Lipinski definition) is 4. The van der Waals surface area contributed by atoms with E-state index in [0.29, 0.717) is 17.2 Å². The summed E-state index contributed by atoms with van der Waals surface area (Å²) in [5.41, 5.74) is 6.65. The van der Waals surface area contributed by atoms with Crippen molar-refractivity contribution in [2.75, 3.05) is 12.8 Å². The average Bonchev–Trinajstić information content (AvgIpc) is 2.38. The fraction of sp³-hybridized carbons (Fsp3) is 0.643. The maximum Gasteiger partial charge on any atom is 0.111 e. The third-order valence-electron chi connectivity index (χ3n) is 4.08. The fourth-order valence-corrected chi connectivity index (χ4v) is 3.02. The Bertz CT molecular complexity index is 411. The van der Waals surface area contributed by atoms with Gasteiger partial charge in [-0.1, -0.05) is 19.8 Å². The standard InChI is InChI=1S/C14H22N2O2/c1-10-4-3-6-14(8-10,18-2)13(17)11-9-16-7-5-12(11)15/h5,7,9-10,13,17H,3-4,6,8H2,1-2H3,(H2,15,16). The van der Waals surface area contributed by atoms with Crippen LogP contribution in [0.25, 0.3) is 0 Å². The van der Waals surface area contributed by atoms with Crippen LogP contribution in [0.15, 0.2) is 18.5 Å². The number of nitrogens with zero attached hydrogens (tertiary/aromatic N) is 1. The summed E-state index contributed by atoms with van der Waals surface area (Å²) in [5.74, 6) is 0.561. The van der Waals surface area contributed by atoms with Crippen molar-refractivity contribution in [3.05, 3.63) is 24.0 Å². The van der Waals surface area contributed by atoms with Crippen molar-refractivity contribution in [2.24, 2.45) is 5.92 Å². The number of aromatic nitrogens is 1. The van der Waals surface area contributed by atoms with E-state index in [1.165, 1.54) is 6.42 Å². The second-order valence-corrected chi connectivity index (χ2v) is 5.38. The lowest BCUT2D eigenvalue weighted by atomic mass is 9.74. The van der Waals surface area contributed by atoms with Crippen LogP contribution in [0, 0.1) is 5.92 Å². The van der Waals surface area contributed by atoms with Crippen LogP contribution in [-0.4, -0.2) is 22.8 Å². The lowest BCUT2D eigenvalue weighted by Gasteiger charge is -2.42. The van der Waals surface area contributed by atoms with Gasteiger partial charge in [-0.2, -0.15) is 0 Å². The molecule has 0 radical (unpaired) electrons. The molecule has 1 aromatic rings. The van der Waals surface area contributed by atoms with Gasteiger partial charge in [0.25, 0.3) is 0 Å². The molecule has 100 valence electrons. The number of nitrogen functional groups attached to an aromatic ring is 1. The number of methoxy groups -OCH3 is 1. The predicted octanol–water partition coefficient (Wildman–Crippen LogP) is 2.29. The lowest BCUT2D eigenvalue weighted by molar-refractivity contribution is -0.133. The molecule has 4 heteroatoms. The van der Waals surface area contributed by atoms with Gasteiger partial charge in [0.05, 0.1) is 5.60 Å². The normalized spacial score (nSPS) is 30.1. The molecule has 3 N–H and O–H groups in total. The maximum atomic E-state index is 10.6. The van der Waals surface area contributed by atoms with Crippen molar-refractivity contribution in [1.29, 1.82) is 0 Å². The number of anilines is 1. The summed E-state index contributed by atoms with van der Waals surface area (Å²) < 4.78 is 5.69. The van der Waals surface area contributed by atoms with Crippen LogP contribution in [0.2, 0.25) is 0 Å². The SMILES string of the molecule is COC1(C(O)c2cnccc2N)CCCC(C)C1. The highest BCUT2D eigenvalue weighted by Crippen LogP contribution is 2.44. The summed E-state index contributed by atoms with van der Waals surface area (Å²) in [7, 11) is 1.67. The van der Waals surface area contributed by atoms with E-state index in [-0.39, 0.29) is 0 Å². The Morgan fingerprint density at radius 3 is 3.00 bits per heavy atom. The Morgan fingerprint density at radius 2 is 2.39 bits per heavy atom. The van der Waals surface area contributed by atoms with E-state index in [0.717, 1.165) is 19.3 Å². The number of aliphatic hydroxyl groups excluding tert-OH is 1. The Hall–Kier alpha value is -1.13. The van der Waals surface area contributed by atoms with E-state index < -0.39 is 11.7 Å². The molecule has 1 saturated carbocycles. The van der Waals surface area contributed by atoms with Crippen molar-refractivity contribution in [3.8, 4) is 0 Å². The molecular formula is C14H22N2O2. The first kappa shape index (κ1) is 13.3. The summed E-state index contributed by atoms with van der Waals surface area (Å²) in [6.45, 7) is 2.20. The molecule has 3 unspecified atom stereocenters. The first-order valence-corrected chi connectivity index (χ1v) is 6.51. The van der Waals surface area contributed by atoms with Crippen molar-refractivity contribution in [1.82, 2.24) is 4.98 Å². The van der Waals surface area contributed by atoms with Crippen molar-refractivity contribution >= 4 is 5.69 Å². The maximum absolute atomic E-state index is 10.6. The molecule has 0 aliphatic heterocycles. The number of nitrogens with two attached hydrogens (primary N) is 1. The number of rotatable bonds is 3. The van der Waals surface area contributed by atoms with E-state index in [1.807, 2.05) is 0 Å². The largest absolute Gasteiger partial charge is 0.398 e. The fourth-order valence-electron chi connectivity index (χ4n) is 3.02. The Kier molecular flexibility index (Phi) is 3.88. The molecule has 3 atom stereocenters. The van der Waals surface area contributed by atoms with E-state index in [1.54, 1.807) is 25.6 Å². The van der Waals surface area contributed by atoms with E-state index in [9.17, 15) is 5.11 Å². The number of ether oxygens (including phenoxy) is 1. The van der Waals surface area contributed by atoms with Gasteiger partial charge in [-0.05, 0) is 24.8 Å². The summed E-state index contributed by atoms with van der Waals surface area (Å²) in [6.07, 6.45) is 6.56. The van der Waals surface area contributed by atoms with Crippen LogP contribution in [0.1, 0.15) is 44.3 Å². The van der Waals surface area contributed by atoms with Crippen LogP contribution in [-0.2, 0) is 4.74 Å². The van der Waals surface area contributed by atoms with Crippen molar-refractivity contribution < 1.29 is 9.84 Å². The molecule has 0 spiro atoms. The van der Waals surface area contributed by atoms with Gasteiger partial charge in [-0.15, -0.1) is 0 Å². The highest BCUT2D eigenvalue weighted by Gasteiger charge is 2.42. The van der Waals surface area contributed by atoms with Crippen LogP contribution in [0.5, 0.6) is 0 Å². The second-order valence-electron chi connectivity index (χ2n) is 5.38. The van der Waals surface area contributed by atoms with Gasteiger partial charge in [0.2, 0.25) is 0 Å². The molecule has 18 heavy (non-hydrogen) atoms. The molecule has 2 rings (SSSR count). The Morgan fingerprint density at radius 1 is 1.61 bits per heavy atom. The molecule has 1 fully saturated rings. The van der Waals surface area contributed by atoms with Gasteiger partial charge in [-0.3, -0.25) is 4.98 Å². The molecule has 1 aliphatic carbocycles. The molecule has 0 saturated heterocycles. The zero-order valence-corrected chi connectivity index (χ0v) is 11.1. The van der Waals surface area contributed by atoms with Gasteiger partial charge in [0, 0.05) is 30.8 Å². The summed E-state index contributed by atoms with van der Waals surface area (Å²) in [5, 5.41) is 10.6. The van der Waals surface area contributed by atoms with E-state index in [2.05, 4.69) is 11.9 Å². The van der Waals surface area contributed by atoms with Crippen molar-refractivity contribution in [2.45, 2.75) is 44.3 Å². The van der Waals surface area contributed by atoms with Crippen LogP contribution in [0.3, 0.4) is 0 Å². The zero-order valence-electron chi connectivity index (χ0n) is 11.1. The molecule has 0 aromatic carbocycles. The third kappa shape index (κ3) is 2.35. The minimum absolute atomic E-state index is 0.519. The smallest absolute Gasteiger partial charge is 0.111 e. The van der Waals surface area contributed by atoms with Gasteiger partial charge in [0.1, 0.15) is 6.10 Å². The molecule has 0 bridgehead atoms. The van der Waals surface area contributed by atoms with Gasteiger partial charge >= 0.3 is 0 Å². The number of hydrogen-bond donors (Lipinski definition) is 2. The Balaban J connectivity index is 2.30. The predicted molar refractivity (Wildman–Crippen MR) is 71.0 cm³/mol. The lowest BCUT2D eigenvalue weighted by Crippen LogP contribution is -2.43. The molecular weight excluding hydrogens is 228 g/mol. The molecule has 1 aromatic heterocycles. The highest BCUT2D eigenvalue weighted by molar-refractivity contribution is 5.46. The summed E-state index contributed by atoms with van der Waals surface area (Å²) in [4.78, 5) is 4.05. The summed E-state index contributed by atoms with van der Waals surface area (Å²) >= 11 is 0. The minimum atomic E-state index is -0.709. The average molecular weight is 250 g/mol. The molecule has 1 aliphatic rings. The van der Waals surface area contributed by atoms with Crippen LogP contribution >= 0.6 is 0 Å². The second kappa shape index (κ2) is 5.24. The monoisotopic (exact) mass is 250 g/mol. The molecule has 1 heterocycles. The molecule has 4 nitrogen and oxygen atoms in total. The third-order valence-corrected chi connectivity index (χ3v) is 4.08. The zero-order chi connectivity index (χ0) is 13.2. The van der Waals surface area contributed by atoms with Gasteiger partial charge in [-0.25, -0.2) is 0 Å². The van der Waals surface area contributed by atoms with Gasteiger partial charge in [0.15, 0.2) is 0 Å². The first-order chi connectivity index (χ1) is 8.59. The van der Waals surface area contributed by atoms with E-state index >= 15 is 0 Å². The van der Waals surface area contributed by atoms with Crippen LogP contribution < -0.4 is 5.73 Å². The first-order valence-electron chi connectivity index (χ1n) is 6.51. The van der Waals surface area contributed by atoms with Crippen molar-refractivity contribution in [3.63, 3.8) is 0 Å². The Labute approximate surface area is 108 Å². The highest BCUT2D eigenvalue weighted by atomic mass is 16.5. The van der Waals surface area contributed by atoms with E-state index in [4.69, 9.17) is 10.5 Å². The van der Waals surface area contributed by atoms with Gasteiger partial charge < -0.3 is 15.6 Å². The molecule has 0 amide bonds. The summed E-state index contributed by atoms with van der Waals surface area (Å²) in [6, 6.07) is 1.72. The minimum Gasteiger partial charge on any atom is -0.398 e. The number of aliphatic hydroxyl groups is 1.